The molecule has 0 amide bonds. The van der Waals surface area contributed by atoms with Gasteiger partial charge in [0.25, 0.3) is 0 Å². The van der Waals surface area contributed by atoms with Gasteiger partial charge in [0.1, 0.15) is 11.9 Å². The number of hydrogen-bond donors (Lipinski definition) is 1. The lowest BCUT2D eigenvalue weighted by atomic mass is 9.95. The van der Waals surface area contributed by atoms with E-state index in [0.29, 0.717) is 17.0 Å². The van der Waals surface area contributed by atoms with Crippen molar-refractivity contribution < 1.29 is 13.5 Å². The van der Waals surface area contributed by atoms with Gasteiger partial charge in [0.2, 0.25) is 0 Å². The van der Waals surface area contributed by atoms with Crippen LogP contribution in [0.3, 0.4) is 0 Å². The topological polar surface area (TPSA) is 34.1 Å². The van der Waals surface area contributed by atoms with Gasteiger partial charge in [-0.2, -0.15) is 0 Å². The molecule has 0 bridgehead atoms. The molecule has 128 valence electrons. The van der Waals surface area contributed by atoms with Gasteiger partial charge in [-0.05, 0) is 37.1 Å². The fourth-order valence-electron chi connectivity index (χ4n) is 3.09. The Morgan fingerprint density at radius 3 is 2.83 bits per heavy atom. The molecule has 2 aromatic rings. The fourth-order valence-corrected chi connectivity index (χ4v) is 3.27. The molecule has 1 aromatic heterocycles. The summed E-state index contributed by atoms with van der Waals surface area (Å²) in [5.74, 6) is -1.01. The predicted molar refractivity (Wildman–Crippen MR) is 89.3 cm³/mol. The van der Waals surface area contributed by atoms with Crippen LogP contribution >= 0.6 is 11.6 Å². The van der Waals surface area contributed by atoms with Crippen LogP contribution in [0.1, 0.15) is 30.6 Å². The van der Waals surface area contributed by atoms with Crippen molar-refractivity contribution in [3.63, 3.8) is 0 Å². The number of aromatic nitrogens is 1. The van der Waals surface area contributed by atoms with E-state index in [1.807, 2.05) is 6.92 Å². The van der Waals surface area contributed by atoms with Crippen molar-refractivity contribution >= 4 is 11.6 Å². The Bertz CT molecular complexity index is 720. The van der Waals surface area contributed by atoms with Crippen LogP contribution < -0.4 is 10.1 Å². The second kappa shape index (κ2) is 7.45. The quantitative estimate of drug-likeness (QED) is 0.871. The highest BCUT2D eigenvalue weighted by atomic mass is 35.5. The molecule has 1 aromatic carbocycles. The Morgan fingerprint density at radius 1 is 1.33 bits per heavy atom. The predicted octanol–water partition coefficient (Wildman–Crippen LogP) is 4.31. The molecule has 3 nitrogen and oxygen atoms in total. The second-order valence-electron chi connectivity index (χ2n) is 5.96. The summed E-state index contributed by atoms with van der Waals surface area (Å²) in [4.78, 5) is 4.11. The van der Waals surface area contributed by atoms with Gasteiger partial charge in [-0.3, -0.25) is 4.98 Å². The molecule has 0 aliphatic carbocycles. The maximum absolute atomic E-state index is 14.3. The maximum Gasteiger partial charge on any atom is 0.168 e. The van der Waals surface area contributed by atoms with Crippen LogP contribution in [-0.4, -0.2) is 18.1 Å². The van der Waals surface area contributed by atoms with Crippen molar-refractivity contribution in [2.24, 2.45) is 5.92 Å². The highest BCUT2D eigenvalue weighted by Crippen LogP contribution is 2.36. The van der Waals surface area contributed by atoms with E-state index in [4.69, 9.17) is 16.3 Å². The Morgan fingerprint density at radius 2 is 2.17 bits per heavy atom. The summed E-state index contributed by atoms with van der Waals surface area (Å²) in [6, 6.07) is 3.96. The van der Waals surface area contributed by atoms with Crippen molar-refractivity contribution in [2.45, 2.75) is 25.9 Å². The minimum Gasteiger partial charge on any atom is -0.482 e. The Hall–Kier alpha value is -1.72. The monoisotopic (exact) mass is 352 g/mol. The molecule has 0 spiro atoms. The number of aryl methyl sites for hydroxylation is 1. The van der Waals surface area contributed by atoms with Crippen LogP contribution in [0.2, 0.25) is 5.02 Å². The molecule has 2 heterocycles. The molecular weight excluding hydrogens is 334 g/mol. The van der Waals surface area contributed by atoms with Gasteiger partial charge in [0.15, 0.2) is 11.6 Å². The van der Waals surface area contributed by atoms with Gasteiger partial charge in [0, 0.05) is 36.5 Å². The summed E-state index contributed by atoms with van der Waals surface area (Å²) >= 11 is 6.05. The number of nitrogens with one attached hydrogen (secondary N) is 1. The van der Waals surface area contributed by atoms with E-state index in [1.165, 1.54) is 6.07 Å². The minimum atomic E-state index is -0.683. The maximum atomic E-state index is 14.3. The van der Waals surface area contributed by atoms with Crippen molar-refractivity contribution in [1.82, 2.24) is 10.3 Å². The molecule has 1 N–H and O–H groups in total. The normalized spacial score (nSPS) is 18.6. The highest BCUT2D eigenvalue weighted by molar-refractivity contribution is 6.30. The number of halogens is 3. The zero-order valence-corrected chi connectivity index (χ0v) is 14.1. The summed E-state index contributed by atoms with van der Waals surface area (Å²) in [6.07, 6.45) is 4.22. The molecule has 1 saturated heterocycles. The molecule has 3 rings (SSSR count). The third kappa shape index (κ3) is 3.68. The van der Waals surface area contributed by atoms with E-state index in [-0.39, 0.29) is 11.7 Å². The molecule has 0 radical (unpaired) electrons. The Kier molecular flexibility index (Phi) is 5.31. The Balaban J connectivity index is 1.98. The van der Waals surface area contributed by atoms with Crippen LogP contribution in [0.4, 0.5) is 8.78 Å². The van der Waals surface area contributed by atoms with Gasteiger partial charge in [-0.25, -0.2) is 8.78 Å². The molecule has 1 fully saturated rings. The van der Waals surface area contributed by atoms with Gasteiger partial charge in [-0.15, -0.1) is 0 Å². The summed E-state index contributed by atoms with van der Waals surface area (Å²) in [6.45, 7) is 3.49. The summed E-state index contributed by atoms with van der Waals surface area (Å²) in [5, 5.41) is 3.79. The highest BCUT2D eigenvalue weighted by Gasteiger charge is 2.30. The van der Waals surface area contributed by atoms with E-state index in [9.17, 15) is 8.78 Å². The van der Waals surface area contributed by atoms with E-state index in [1.54, 1.807) is 18.5 Å². The average Bonchev–Trinajstić information content (AvgIpc) is 3.07. The third-order valence-corrected chi connectivity index (χ3v) is 4.50. The largest absolute Gasteiger partial charge is 0.482 e. The first kappa shape index (κ1) is 17.1. The zero-order chi connectivity index (χ0) is 17.1. The van der Waals surface area contributed by atoms with E-state index < -0.39 is 17.7 Å². The zero-order valence-electron chi connectivity index (χ0n) is 13.4. The Labute approximate surface area is 145 Å². The molecule has 24 heavy (non-hydrogen) atoms. The average molecular weight is 353 g/mol. The van der Waals surface area contributed by atoms with Crippen molar-refractivity contribution in [2.75, 3.05) is 13.1 Å². The lowest BCUT2D eigenvalue weighted by Gasteiger charge is -2.26. The van der Waals surface area contributed by atoms with Gasteiger partial charge in [-0.1, -0.05) is 18.5 Å². The summed E-state index contributed by atoms with van der Waals surface area (Å²) in [7, 11) is 0. The number of benzene rings is 1. The van der Waals surface area contributed by atoms with E-state index in [0.717, 1.165) is 31.1 Å². The van der Waals surface area contributed by atoms with Gasteiger partial charge in [0.05, 0.1) is 5.02 Å². The molecule has 0 unspecified atom stereocenters. The molecule has 0 saturated carbocycles. The number of pyridine rings is 1. The van der Waals surface area contributed by atoms with E-state index in [2.05, 4.69) is 10.3 Å². The smallest absolute Gasteiger partial charge is 0.168 e. The molecule has 1 aliphatic rings. The van der Waals surface area contributed by atoms with Crippen LogP contribution in [0.5, 0.6) is 5.75 Å². The third-order valence-electron chi connectivity index (χ3n) is 4.29. The van der Waals surface area contributed by atoms with Crippen LogP contribution in [0, 0.1) is 17.6 Å². The first-order valence-electron chi connectivity index (χ1n) is 8.04. The van der Waals surface area contributed by atoms with Gasteiger partial charge >= 0.3 is 0 Å². The molecule has 2 atom stereocenters. The van der Waals surface area contributed by atoms with Gasteiger partial charge < -0.3 is 10.1 Å². The van der Waals surface area contributed by atoms with Crippen molar-refractivity contribution in [1.29, 1.82) is 0 Å². The molecular formula is C18H19ClF2N2O. The van der Waals surface area contributed by atoms with Crippen LogP contribution in [-0.2, 0) is 6.42 Å². The van der Waals surface area contributed by atoms with Crippen LogP contribution in [0.25, 0.3) is 0 Å². The first-order chi connectivity index (χ1) is 11.6. The number of hydrogen-bond acceptors (Lipinski definition) is 3. The summed E-state index contributed by atoms with van der Waals surface area (Å²) < 4.78 is 33.9. The number of ether oxygens (including phenoxy) is 1. The standard InChI is InChI=1S/C18H19ClF2N2O/c1-2-11-6-15(20)7-16(21)18(11)24-17(12-3-4-22-8-12)13-5-14(19)10-23-9-13/h5-7,9-10,12,17,22H,2-4,8H2,1H3/t12-,17+/m0/s1. The SMILES string of the molecule is CCc1cc(F)cc(F)c1O[C@@H](c1cncc(Cl)c1)[C@H]1CCNC1. The fraction of sp³-hybridized carbons (Fsp3) is 0.389. The first-order valence-corrected chi connectivity index (χ1v) is 8.42. The van der Waals surface area contributed by atoms with Crippen LogP contribution in [0.15, 0.2) is 30.6 Å². The number of rotatable bonds is 5. The summed E-state index contributed by atoms with van der Waals surface area (Å²) in [5.41, 5.74) is 1.31. The van der Waals surface area contributed by atoms with Crippen molar-refractivity contribution in [3.8, 4) is 5.75 Å². The number of nitrogens with zero attached hydrogens (tertiary/aromatic N) is 1. The van der Waals surface area contributed by atoms with E-state index >= 15 is 0 Å². The molecule has 6 heteroatoms. The lowest BCUT2D eigenvalue weighted by Crippen LogP contribution is -2.22. The second-order valence-corrected chi connectivity index (χ2v) is 6.39. The molecule has 1 aliphatic heterocycles. The lowest BCUT2D eigenvalue weighted by molar-refractivity contribution is 0.136. The minimum absolute atomic E-state index is 0.107. The van der Waals surface area contributed by atoms with Crippen molar-refractivity contribution in [3.05, 3.63) is 58.4 Å².